The van der Waals surface area contributed by atoms with Gasteiger partial charge in [-0.3, -0.25) is 0 Å². The minimum atomic E-state index is -0.326. The summed E-state index contributed by atoms with van der Waals surface area (Å²) in [6, 6.07) is 15.4. The molecule has 0 saturated heterocycles. The molecular weight excluding hydrogens is 480 g/mol. The predicted molar refractivity (Wildman–Crippen MR) is 164 cm³/mol. The lowest BCUT2D eigenvalue weighted by Crippen LogP contribution is -2.15. The number of ether oxygens (including phenoxy) is 2. The van der Waals surface area contributed by atoms with Crippen LogP contribution in [0.2, 0.25) is 0 Å². The van der Waals surface area contributed by atoms with Gasteiger partial charge < -0.3 is 9.47 Å². The van der Waals surface area contributed by atoms with E-state index in [1.54, 1.807) is 12.1 Å². The van der Waals surface area contributed by atoms with Gasteiger partial charge in [0.15, 0.2) is 0 Å². The number of carbonyl (C=O) groups excluding carboxylic acids is 1. The number of benzene rings is 2. The highest BCUT2D eigenvalue weighted by Gasteiger charge is 2.20. The van der Waals surface area contributed by atoms with Crippen LogP contribution in [0.1, 0.15) is 139 Å². The van der Waals surface area contributed by atoms with Gasteiger partial charge in [-0.25, -0.2) is 4.79 Å². The Morgan fingerprint density at radius 1 is 0.641 bits per heavy atom. The smallest absolute Gasteiger partial charge is 0.343 e. The maximum Gasteiger partial charge on any atom is 0.343 e. The number of hydrogen-bond donors (Lipinski definition) is 0. The second-order valence-corrected chi connectivity index (χ2v) is 11.8. The summed E-state index contributed by atoms with van der Waals surface area (Å²) in [5.74, 6) is 2.93. The molecule has 39 heavy (non-hydrogen) atoms. The number of unbranched alkanes of at least 4 members (excludes halogenated alkanes) is 9. The molecule has 1 aliphatic carbocycles. The molecule has 3 rings (SSSR count). The van der Waals surface area contributed by atoms with E-state index in [1.165, 1.54) is 108 Å². The summed E-state index contributed by atoms with van der Waals surface area (Å²) in [5.41, 5.74) is 1.87. The zero-order chi connectivity index (χ0) is 27.5. The van der Waals surface area contributed by atoms with E-state index in [2.05, 4.69) is 26.0 Å². The van der Waals surface area contributed by atoms with Crippen molar-refractivity contribution in [3.63, 3.8) is 0 Å². The highest BCUT2D eigenvalue weighted by molar-refractivity contribution is 5.91. The van der Waals surface area contributed by atoms with Gasteiger partial charge >= 0.3 is 5.97 Å². The van der Waals surface area contributed by atoms with Gasteiger partial charge in [-0.2, -0.15) is 0 Å². The second kappa shape index (κ2) is 18.9. The van der Waals surface area contributed by atoms with Crippen LogP contribution < -0.4 is 9.47 Å². The van der Waals surface area contributed by atoms with E-state index < -0.39 is 0 Å². The number of rotatable bonds is 19. The molecule has 1 saturated carbocycles. The van der Waals surface area contributed by atoms with Gasteiger partial charge in [0.25, 0.3) is 0 Å². The molecule has 2 aromatic carbocycles. The van der Waals surface area contributed by atoms with Gasteiger partial charge in [0.1, 0.15) is 11.5 Å². The lowest BCUT2D eigenvalue weighted by atomic mass is 9.78. The highest BCUT2D eigenvalue weighted by Crippen LogP contribution is 2.34. The van der Waals surface area contributed by atoms with Crippen molar-refractivity contribution in [2.75, 3.05) is 6.61 Å². The zero-order valence-electron chi connectivity index (χ0n) is 24.9. The third-order valence-corrected chi connectivity index (χ3v) is 8.50. The maximum absolute atomic E-state index is 12.6. The topological polar surface area (TPSA) is 35.5 Å². The molecule has 0 unspecified atom stereocenters. The number of carbonyl (C=O) groups is 1. The van der Waals surface area contributed by atoms with Crippen molar-refractivity contribution in [1.29, 1.82) is 0 Å². The molecule has 0 amide bonds. The Balaban J connectivity index is 1.27. The van der Waals surface area contributed by atoms with E-state index in [1.807, 2.05) is 24.3 Å². The van der Waals surface area contributed by atoms with Crippen molar-refractivity contribution in [3.05, 3.63) is 59.7 Å². The van der Waals surface area contributed by atoms with E-state index in [9.17, 15) is 4.79 Å². The minimum Gasteiger partial charge on any atom is -0.494 e. The fourth-order valence-corrected chi connectivity index (χ4v) is 5.94. The van der Waals surface area contributed by atoms with E-state index >= 15 is 0 Å². The minimum absolute atomic E-state index is 0.326. The molecule has 0 N–H and O–H groups in total. The summed E-state index contributed by atoms with van der Waals surface area (Å²) >= 11 is 0. The van der Waals surface area contributed by atoms with E-state index in [0.717, 1.165) is 37.0 Å². The fourth-order valence-electron chi connectivity index (χ4n) is 5.94. The summed E-state index contributed by atoms with van der Waals surface area (Å²) in [6.45, 7) is 5.30. The van der Waals surface area contributed by atoms with Crippen LogP contribution in [0.15, 0.2) is 48.5 Å². The van der Waals surface area contributed by atoms with Crippen molar-refractivity contribution < 1.29 is 14.3 Å². The lowest BCUT2D eigenvalue weighted by Gasteiger charge is -2.28. The number of hydrogen-bond acceptors (Lipinski definition) is 3. The van der Waals surface area contributed by atoms with Gasteiger partial charge in [0.2, 0.25) is 0 Å². The quantitative estimate of drug-likeness (QED) is 0.102. The van der Waals surface area contributed by atoms with Crippen LogP contribution in [-0.4, -0.2) is 12.6 Å². The van der Waals surface area contributed by atoms with Crippen molar-refractivity contribution in [2.45, 2.75) is 129 Å². The van der Waals surface area contributed by atoms with Crippen LogP contribution in [0.25, 0.3) is 0 Å². The van der Waals surface area contributed by atoms with Crippen LogP contribution in [0.5, 0.6) is 11.5 Å². The molecule has 0 radical (unpaired) electrons. The lowest BCUT2D eigenvalue weighted by molar-refractivity contribution is 0.0734. The SMILES string of the molecule is CCCCCCCCCCCCOc1ccc(C(=O)Oc2ccc(CC[C@H]3CC[C@H](CCC)CC3)cc2)cc1. The van der Waals surface area contributed by atoms with Crippen molar-refractivity contribution in [2.24, 2.45) is 11.8 Å². The van der Waals surface area contributed by atoms with E-state index in [-0.39, 0.29) is 5.97 Å². The molecule has 0 aromatic heterocycles. The Morgan fingerprint density at radius 3 is 1.77 bits per heavy atom. The molecule has 0 bridgehead atoms. The Labute approximate surface area is 239 Å². The Morgan fingerprint density at radius 2 is 1.18 bits per heavy atom. The Bertz CT molecular complexity index is 894. The molecule has 0 heterocycles. The molecule has 1 aliphatic rings. The van der Waals surface area contributed by atoms with Crippen molar-refractivity contribution in [1.82, 2.24) is 0 Å². The largest absolute Gasteiger partial charge is 0.494 e. The Kier molecular flexibility index (Phi) is 15.1. The van der Waals surface area contributed by atoms with Crippen LogP contribution in [0.3, 0.4) is 0 Å². The maximum atomic E-state index is 12.6. The first-order valence-corrected chi connectivity index (χ1v) is 16.2. The monoisotopic (exact) mass is 534 g/mol. The third-order valence-electron chi connectivity index (χ3n) is 8.50. The van der Waals surface area contributed by atoms with E-state index in [0.29, 0.717) is 11.3 Å². The molecule has 2 aromatic rings. The van der Waals surface area contributed by atoms with Crippen LogP contribution in [-0.2, 0) is 6.42 Å². The molecule has 0 spiro atoms. The van der Waals surface area contributed by atoms with Gasteiger partial charge in [0, 0.05) is 0 Å². The summed E-state index contributed by atoms with van der Waals surface area (Å²) in [4.78, 5) is 12.6. The first kappa shape index (κ1) is 31.2. The summed E-state index contributed by atoms with van der Waals surface area (Å²) in [7, 11) is 0. The molecular formula is C36H54O3. The molecule has 0 atom stereocenters. The Hall–Kier alpha value is -2.29. The summed E-state index contributed by atoms with van der Waals surface area (Å²) < 4.78 is 11.5. The van der Waals surface area contributed by atoms with Gasteiger partial charge in [-0.05, 0) is 73.1 Å². The summed E-state index contributed by atoms with van der Waals surface area (Å²) in [6.07, 6.45) is 23.9. The standard InChI is InChI=1S/C36H54O3/c1-3-5-6-7-8-9-10-11-12-13-29-38-34-27-23-33(24-28-34)36(37)39-35-25-21-32(22-26-35)20-19-31-17-15-30(14-4-2)16-18-31/h21-28,30-31H,3-20,29H2,1-2H3/t30-,31-. The molecule has 1 fully saturated rings. The predicted octanol–water partition coefficient (Wildman–Crippen LogP) is 10.7. The van der Waals surface area contributed by atoms with Crippen molar-refractivity contribution in [3.8, 4) is 11.5 Å². The second-order valence-electron chi connectivity index (χ2n) is 11.8. The normalized spacial score (nSPS) is 17.2. The van der Waals surface area contributed by atoms with Gasteiger partial charge in [0.05, 0.1) is 12.2 Å². The number of aryl methyl sites for hydroxylation is 1. The molecule has 216 valence electrons. The first-order valence-electron chi connectivity index (χ1n) is 16.2. The van der Waals surface area contributed by atoms with Gasteiger partial charge in [-0.1, -0.05) is 122 Å². The van der Waals surface area contributed by atoms with Crippen LogP contribution >= 0.6 is 0 Å². The third kappa shape index (κ3) is 12.6. The van der Waals surface area contributed by atoms with Crippen LogP contribution in [0.4, 0.5) is 0 Å². The average molecular weight is 535 g/mol. The molecule has 0 aliphatic heterocycles. The average Bonchev–Trinajstić information content (AvgIpc) is 2.97. The van der Waals surface area contributed by atoms with E-state index in [4.69, 9.17) is 9.47 Å². The van der Waals surface area contributed by atoms with Crippen LogP contribution in [0, 0.1) is 11.8 Å². The molecule has 3 heteroatoms. The highest BCUT2D eigenvalue weighted by atomic mass is 16.5. The fraction of sp³-hybridized carbons (Fsp3) is 0.639. The molecule has 3 nitrogen and oxygen atoms in total. The number of esters is 1. The van der Waals surface area contributed by atoms with Gasteiger partial charge in [-0.15, -0.1) is 0 Å². The van der Waals surface area contributed by atoms with Crippen molar-refractivity contribution >= 4 is 5.97 Å². The summed E-state index contributed by atoms with van der Waals surface area (Å²) in [5, 5.41) is 0. The zero-order valence-corrected chi connectivity index (χ0v) is 24.9. The first-order chi connectivity index (χ1) is 19.2.